The number of hydrogen-bond donors (Lipinski definition) is 1. The van der Waals surface area contributed by atoms with Gasteiger partial charge in [0.1, 0.15) is 0 Å². The minimum Gasteiger partial charge on any atom is -0.322 e. The lowest BCUT2D eigenvalue weighted by molar-refractivity contribution is -0.120. The molecule has 0 radical (unpaired) electrons. The van der Waals surface area contributed by atoms with E-state index in [1.165, 1.54) is 0 Å². The Kier molecular flexibility index (Phi) is 4.60. The molecular weight excluding hydrogens is 398 g/mol. The molecule has 1 atom stereocenters. The van der Waals surface area contributed by atoms with Crippen molar-refractivity contribution in [3.63, 3.8) is 0 Å². The lowest BCUT2D eigenvalue weighted by Crippen LogP contribution is -2.46. The zero-order valence-corrected chi connectivity index (χ0v) is 16.8. The summed E-state index contributed by atoms with van der Waals surface area (Å²) in [7, 11) is 0. The second-order valence-electron chi connectivity index (χ2n) is 7.28. The predicted octanol–water partition coefficient (Wildman–Crippen LogP) is 3.84. The van der Waals surface area contributed by atoms with E-state index in [1.54, 1.807) is 29.2 Å². The number of carbonyl (C=O) groups excluding carboxylic acids is 2. The van der Waals surface area contributed by atoms with Gasteiger partial charge in [0.2, 0.25) is 6.17 Å². The number of nitrogens with one attached hydrogen (secondary N) is 1. The standard InChI is InChI=1S/C24H18ClN3O2/c25-18-10-4-9-17(14-18)23(29)27-22-24(30)28-13-12-16-8-5-11-19(21(16)28)20(26-22)15-6-2-1-3-7-15/h1-11,14,22H,12-13H2,(H,27,29)/t22-/m0/s1. The molecular formula is C24H18ClN3O2. The first-order chi connectivity index (χ1) is 14.6. The number of hydrogen-bond acceptors (Lipinski definition) is 3. The van der Waals surface area contributed by atoms with Gasteiger partial charge in [-0.2, -0.15) is 0 Å². The molecule has 0 saturated carbocycles. The van der Waals surface area contributed by atoms with Crippen LogP contribution in [0.1, 0.15) is 27.0 Å². The maximum Gasteiger partial charge on any atom is 0.272 e. The first-order valence-corrected chi connectivity index (χ1v) is 10.1. The average Bonchev–Trinajstić information content (AvgIpc) is 3.16. The summed E-state index contributed by atoms with van der Waals surface area (Å²) in [6, 6.07) is 22.4. The Morgan fingerprint density at radius 1 is 1.03 bits per heavy atom. The highest BCUT2D eigenvalue weighted by Gasteiger charge is 2.37. The Morgan fingerprint density at radius 3 is 2.63 bits per heavy atom. The number of anilines is 1. The number of benzene rings is 3. The molecule has 3 aromatic carbocycles. The van der Waals surface area contributed by atoms with E-state index in [0.29, 0.717) is 22.8 Å². The van der Waals surface area contributed by atoms with Crippen LogP contribution in [0.5, 0.6) is 0 Å². The number of para-hydroxylation sites is 1. The number of carbonyl (C=O) groups is 2. The Morgan fingerprint density at radius 2 is 1.83 bits per heavy atom. The topological polar surface area (TPSA) is 61.8 Å². The van der Waals surface area contributed by atoms with Crippen molar-refractivity contribution < 1.29 is 9.59 Å². The SMILES string of the molecule is O=C(N[C@@H]1N=C(c2ccccc2)c2cccc3c2N(CC3)C1=O)c1cccc(Cl)c1. The fourth-order valence-corrected chi connectivity index (χ4v) is 4.22. The van der Waals surface area contributed by atoms with Crippen LogP contribution in [0.4, 0.5) is 5.69 Å². The maximum absolute atomic E-state index is 13.4. The van der Waals surface area contributed by atoms with E-state index >= 15 is 0 Å². The average molecular weight is 416 g/mol. The maximum atomic E-state index is 13.4. The third-order valence-electron chi connectivity index (χ3n) is 5.41. The van der Waals surface area contributed by atoms with Crippen LogP contribution in [0.25, 0.3) is 0 Å². The summed E-state index contributed by atoms with van der Waals surface area (Å²) in [5, 5.41) is 3.26. The van der Waals surface area contributed by atoms with Crippen molar-refractivity contribution >= 4 is 34.8 Å². The smallest absolute Gasteiger partial charge is 0.272 e. The van der Waals surface area contributed by atoms with Gasteiger partial charge in [0.05, 0.1) is 11.4 Å². The van der Waals surface area contributed by atoms with Crippen LogP contribution >= 0.6 is 11.6 Å². The quantitative estimate of drug-likeness (QED) is 0.706. The van der Waals surface area contributed by atoms with Gasteiger partial charge in [-0.3, -0.25) is 9.59 Å². The number of amides is 2. The van der Waals surface area contributed by atoms with Crippen LogP contribution in [0.15, 0.2) is 77.8 Å². The fourth-order valence-electron chi connectivity index (χ4n) is 4.03. The van der Waals surface area contributed by atoms with Gasteiger partial charge >= 0.3 is 0 Å². The normalized spacial score (nSPS) is 17.2. The van der Waals surface area contributed by atoms with Crippen LogP contribution in [0.3, 0.4) is 0 Å². The van der Waals surface area contributed by atoms with Gasteiger partial charge in [-0.15, -0.1) is 0 Å². The van der Waals surface area contributed by atoms with E-state index in [1.807, 2.05) is 48.5 Å². The molecule has 5 nitrogen and oxygen atoms in total. The summed E-state index contributed by atoms with van der Waals surface area (Å²) in [6.07, 6.45) is -0.239. The first kappa shape index (κ1) is 18.6. The van der Waals surface area contributed by atoms with E-state index < -0.39 is 12.1 Å². The second-order valence-corrected chi connectivity index (χ2v) is 7.72. The summed E-state index contributed by atoms with van der Waals surface area (Å²) in [5.74, 6) is -0.625. The highest BCUT2D eigenvalue weighted by molar-refractivity contribution is 6.31. The Hall–Kier alpha value is -3.44. The molecule has 5 rings (SSSR count). The van der Waals surface area contributed by atoms with Crippen molar-refractivity contribution in [3.05, 3.63) is 100 Å². The molecule has 148 valence electrons. The molecule has 0 spiro atoms. The number of rotatable bonds is 3. The van der Waals surface area contributed by atoms with Gasteiger partial charge in [0.25, 0.3) is 11.8 Å². The molecule has 0 aliphatic carbocycles. The molecule has 0 fully saturated rings. The van der Waals surface area contributed by atoms with Crippen molar-refractivity contribution in [1.29, 1.82) is 0 Å². The molecule has 30 heavy (non-hydrogen) atoms. The first-order valence-electron chi connectivity index (χ1n) is 9.75. The van der Waals surface area contributed by atoms with E-state index in [-0.39, 0.29) is 5.91 Å². The highest BCUT2D eigenvalue weighted by atomic mass is 35.5. The Labute approximate surface area is 179 Å². The molecule has 2 heterocycles. The molecule has 0 aromatic heterocycles. The lowest BCUT2D eigenvalue weighted by Gasteiger charge is -2.21. The second kappa shape index (κ2) is 7.43. The van der Waals surface area contributed by atoms with Gasteiger partial charge in [0.15, 0.2) is 0 Å². The van der Waals surface area contributed by atoms with Crippen molar-refractivity contribution in [1.82, 2.24) is 5.32 Å². The predicted molar refractivity (Wildman–Crippen MR) is 117 cm³/mol. The molecule has 2 aliphatic heterocycles. The summed E-state index contributed by atoms with van der Waals surface area (Å²) in [5.41, 5.74) is 4.90. The minimum atomic E-state index is -1.02. The third kappa shape index (κ3) is 3.17. The summed E-state index contributed by atoms with van der Waals surface area (Å²) >= 11 is 6.02. The Bertz CT molecular complexity index is 1190. The van der Waals surface area contributed by atoms with Crippen molar-refractivity contribution in [2.45, 2.75) is 12.6 Å². The van der Waals surface area contributed by atoms with E-state index in [4.69, 9.17) is 16.6 Å². The van der Waals surface area contributed by atoms with Crippen LogP contribution in [0, 0.1) is 0 Å². The molecule has 0 unspecified atom stereocenters. The Balaban J connectivity index is 1.60. The van der Waals surface area contributed by atoms with Gasteiger partial charge in [-0.25, -0.2) is 4.99 Å². The monoisotopic (exact) mass is 415 g/mol. The van der Waals surface area contributed by atoms with Crippen molar-refractivity contribution in [2.24, 2.45) is 4.99 Å². The van der Waals surface area contributed by atoms with Gasteiger partial charge < -0.3 is 10.2 Å². The molecule has 1 N–H and O–H groups in total. The molecule has 3 aromatic rings. The number of aliphatic imine (C=N–C) groups is 1. The number of halogens is 1. The van der Waals surface area contributed by atoms with Crippen molar-refractivity contribution in [2.75, 3.05) is 11.4 Å². The van der Waals surface area contributed by atoms with Crippen molar-refractivity contribution in [3.8, 4) is 0 Å². The lowest BCUT2D eigenvalue weighted by atomic mass is 9.98. The highest BCUT2D eigenvalue weighted by Crippen LogP contribution is 2.36. The molecule has 2 amide bonds. The van der Waals surface area contributed by atoms with Crippen LogP contribution in [0.2, 0.25) is 5.02 Å². The van der Waals surface area contributed by atoms with Gasteiger partial charge in [0, 0.05) is 28.3 Å². The van der Waals surface area contributed by atoms with E-state index in [9.17, 15) is 9.59 Å². The van der Waals surface area contributed by atoms with E-state index in [0.717, 1.165) is 28.8 Å². The summed E-state index contributed by atoms with van der Waals surface area (Å²) in [4.78, 5) is 32.7. The zero-order chi connectivity index (χ0) is 20.7. The van der Waals surface area contributed by atoms with Crippen LogP contribution in [-0.4, -0.2) is 30.2 Å². The molecule has 0 bridgehead atoms. The molecule has 2 aliphatic rings. The zero-order valence-electron chi connectivity index (χ0n) is 16.0. The van der Waals surface area contributed by atoms with Gasteiger partial charge in [-0.1, -0.05) is 66.2 Å². The van der Waals surface area contributed by atoms with E-state index in [2.05, 4.69) is 5.32 Å². The molecule has 6 heteroatoms. The minimum absolute atomic E-state index is 0.234. The third-order valence-corrected chi connectivity index (χ3v) is 5.64. The number of nitrogens with zero attached hydrogens (tertiary/aromatic N) is 2. The van der Waals surface area contributed by atoms with Gasteiger partial charge in [-0.05, 0) is 30.2 Å². The fraction of sp³-hybridized carbons (Fsp3) is 0.125. The molecule has 0 saturated heterocycles. The summed E-state index contributed by atoms with van der Waals surface area (Å²) < 4.78 is 0. The largest absolute Gasteiger partial charge is 0.322 e. The van der Waals surface area contributed by atoms with Crippen LogP contribution in [-0.2, 0) is 11.2 Å². The summed E-state index contributed by atoms with van der Waals surface area (Å²) in [6.45, 7) is 0.576. The van der Waals surface area contributed by atoms with Crippen LogP contribution < -0.4 is 10.2 Å².